The van der Waals surface area contributed by atoms with Crippen molar-refractivity contribution in [2.45, 2.75) is 64.0 Å². The van der Waals surface area contributed by atoms with E-state index >= 15 is 0 Å². The summed E-state index contributed by atoms with van der Waals surface area (Å²) in [4.78, 5) is 27.3. The van der Waals surface area contributed by atoms with Crippen LogP contribution in [0.5, 0.6) is 11.5 Å². The molecule has 2 aromatic carbocycles. The molecule has 2 aromatic heterocycles. The summed E-state index contributed by atoms with van der Waals surface area (Å²) in [6, 6.07) is 13.5. The van der Waals surface area contributed by atoms with Crippen LogP contribution < -0.4 is 30.3 Å². The topological polar surface area (TPSA) is 129 Å². The van der Waals surface area contributed by atoms with Gasteiger partial charge in [-0.15, -0.1) is 0 Å². The standard InChI is InChI=1S/C35H45N7O5/c1-22-14-30(40(2)19-24-6-7-28(45-4)18-32(24)46-5)33-34(38-22)42(21-37-33)35(43)39-29-8-9-31(29)47-20-23-15-25(36)17-26(16-23)41-12-10-27(44-3)11-13-41/h6-7,14-18,21,27,29,31H,8-13,19-20,36H2,1-5H3,(H,39,43)/t29-,31-/m1/s1. The summed E-state index contributed by atoms with van der Waals surface area (Å²) in [5.74, 6) is 1.46. The van der Waals surface area contributed by atoms with E-state index in [-0.39, 0.29) is 18.2 Å². The van der Waals surface area contributed by atoms with Gasteiger partial charge in [0.2, 0.25) is 0 Å². The fourth-order valence-electron chi connectivity index (χ4n) is 6.44. The number of aromatic nitrogens is 3. The van der Waals surface area contributed by atoms with Crippen LogP contribution in [0.3, 0.4) is 0 Å². The van der Waals surface area contributed by atoms with Gasteiger partial charge in [0.25, 0.3) is 0 Å². The number of nitrogens with two attached hydrogens (primary N) is 1. The van der Waals surface area contributed by atoms with Gasteiger partial charge >= 0.3 is 6.03 Å². The Bertz CT molecular complexity index is 1720. The summed E-state index contributed by atoms with van der Waals surface area (Å²) in [7, 11) is 7.04. The van der Waals surface area contributed by atoms with Gasteiger partial charge in [0.05, 0.1) is 44.8 Å². The van der Waals surface area contributed by atoms with Crippen LogP contribution in [-0.4, -0.2) is 80.3 Å². The number of methoxy groups -OCH3 is 3. The number of piperidine rings is 1. The highest BCUT2D eigenvalue weighted by atomic mass is 16.5. The van der Waals surface area contributed by atoms with Crippen molar-refractivity contribution in [1.82, 2.24) is 19.9 Å². The second-order valence-corrected chi connectivity index (χ2v) is 12.4. The largest absolute Gasteiger partial charge is 0.497 e. The maximum Gasteiger partial charge on any atom is 0.328 e. The molecule has 4 aromatic rings. The highest BCUT2D eigenvalue weighted by Crippen LogP contribution is 2.31. The van der Waals surface area contributed by atoms with Crippen molar-refractivity contribution in [3.8, 4) is 11.5 Å². The lowest BCUT2D eigenvalue weighted by Crippen LogP contribution is -2.52. The van der Waals surface area contributed by atoms with E-state index in [4.69, 9.17) is 29.7 Å². The Morgan fingerprint density at radius 1 is 1.04 bits per heavy atom. The van der Waals surface area contributed by atoms with Crippen molar-refractivity contribution in [3.05, 3.63) is 65.6 Å². The Morgan fingerprint density at radius 3 is 2.55 bits per heavy atom. The molecular formula is C35H45N7O5. The van der Waals surface area contributed by atoms with E-state index in [0.29, 0.717) is 30.4 Å². The molecule has 47 heavy (non-hydrogen) atoms. The van der Waals surface area contributed by atoms with Gasteiger partial charge in [-0.2, -0.15) is 0 Å². The van der Waals surface area contributed by atoms with Gasteiger partial charge in [-0.1, -0.05) is 0 Å². The van der Waals surface area contributed by atoms with E-state index in [1.165, 1.54) is 10.9 Å². The van der Waals surface area contributed by atoms with Crippen LogP contribution in [-0.2, 0) is 22.6 Å². The summed E-state index contributed by atoms with van der Waals surface area (Å²) in [6.07, 6.45) is 5.47. The predicted octanol–water partition coefficient (Wildman–Crippen LogP) is 4.90. The maximum atomic E-state index is 13.5. The zero-order valence-corrected chi connectivity index (χ0v) is 27.9. The van der Waals surface area contributed by atoms with Crippen molar-refractivity contribution in [1.29, 1.82) is 0 Å². The fourth-order valence-corrected chi connectivity index (χ4v) is 6.44. The van der Waals surface area contributed by atoms with Crippen molar-refractivity contribution >= 4 is 34.3 Å². The Labute approximate surface area is 275 Å². The molecule has 2 aliphatic rings. The van der Waals surface area contributed by atoms with Gasteiger partial charge in [-0.25, -0.2) is 19.3 Å². The average Bonchev–Trinajstić information content (AvgIpc) is 3.50. The van der Waals surface area contributed by atoms with Crippen molar-refractivity contribution in [2.75, 3.05) is 57.0 Å². The molecule has 250 valence electrons. The first-order valence-corrected chi connectivity index (χ1v) is 16.1. The maximum absolute atomic E-state index is 13.5. The molecule has 1 saturated carbocycles. The number of nitrogens with zero attached hydrogens (tertiary/aromatic N) is 5. The number of fused-ring (bicyclic) bond motifs is 1. The number of hydrogen-bond donors (Lipinski definition) is 2. The summed E-state index contributed by atoms with van der Waals surface area (Å²) < 4.78 is 24.3. The molecule has 1 saturated heterocycles. The fraction of sp³-hybridized carbons (Fsp3) is 0.457. The Balaban J connectivity index is 1.10. The SMILES string of the molecule is COc1ccc(CN(C)c2cc(C)nc3c2ncn3C(=O)N[C@@H]2CC[C@H]2OCc2cc(N)cc(N3CCC(OC)CC3)c2)c(OC)c1. The van der Waals surface area contributed by atoms with E-state index in [1.807, 2.05) is 50.4 Å². The number of carbonyl (C=O) groups is 1. The predicted molar refractivity (Wildman–Crippen MR) is 183 cm³/mol. The van der Waals surface area contributed by atoms with E-state index in [1.54, 1.807) is 21.3 Å². The molecule has 2 atom stereocenters. The molecular weight excluding hydrogens is 598 g/mol. The molecule has 0 bridgehead atoms. The lowest BCUT2D eigenvalue weighted by atomic mass is 9.89. The van der Waals surface area contributed by atoms with Gasteiger partial charge in [0.1, 0.15) is 23.3 Å². The second kappa shape index (κ2) is 14.1. The second-order valence-electron chi connectivity index (χ2n) is 12.4. The normalized spacial score (nSPS) is 18.2. The van der Waals surface area contributed by atoms with Crippen molar-refractivity contribution in [2.24, 2.45) is 0 Å². The van der Waals surface area contributed by atoms with E-state index < -0.39 is 0 Å². The van der Waals surface area contributed by atoms with Crippen LogP contribution in [0.1, 0.15) is 42.5 Å². The molecule has 2 fully saturated rings. The Hall–Kier alpha value is -4.55. The van der Waals surface area contributed by atoms with Gasteiger partial charge < -0.3 is 39.8 Å². The number of nitrogen functional groups attached to an aromatic ring is 1. The van der Waals surface area contributed by atoms with E-state index in [9.17, 15) is 4.79 Å². The van der Waals surface area contributed by atoms with Gasteiger partial charge in [0.15, 0.2) is 5.65 Å². The van der Waals surface area contributed by atoms with Crippen LogP contribution in [0.25, 0.3) is 11.2 Å². The molecule has 1 aliphatic heterocycles. The third kappa shape index (κ3) is 7.08. The minimum absolute atomic E-state index is 0.0908. The lowest BCUT2D eigenvalue weighted by Gasteiger charge is -2.37. The number of carbonyl (C=O) groups excluding carboxylic acids is 1. The molecule has 0 spiro atoms. The highest BCUT2D eigenvalue weighted by Gasteiger charge is 2.34. The number of anilines is 3. The lowest BCUT2D eigenvalue weighted by molar-refractivity contribution is -0.0323. The number of nitrogens with one attached hydrogen (secondary N) is 1. The van der Waals surface area contributed by atoms with Gasteiger partial charge in [0, 0.05) is 62.5 Å². The van der Waals surface area contributed by atoms with Crippen LogP contribution in [0, 0.1) is 6.92 Å². The highest BCUT2D eigenvalue weighted by molar-refractivity contribution is 5.93. The van der Waals surface area contributed by atoms with Crippen molar-refractivity contribution in [3.63, 3.8) is 0 Å². The molecule has 3 N–H and O–H groups in total. The number of imidazole rings is 1. The zero-order valence-electron chi connectivity index (χ0n) is 27.9. The monoisotopic (exact) mass is 643 g/mol. The molecule has 12 nitrogen and oxygen atoms in total. The number of ether oxygens (including phenoxy) is 4. The molecule has 0 unspecified atom stereocenters. The van der Waals surface area contributed by atoms with Gasteiger partial charge in [-0.3, -0.25) is 0 Å². The smallest absolute Gasteiger partial charge is 0.328 e. The minimum atomic E-state index is -0.278. The average molecular weight is 644 g/mol. The minimum Gasteiger partial charge on any atom is -0.497 e. The summed E-state index contributed by atoms with van der Waals surface area (Å²) in [5, 5.41) is 3.15. The summed E-state index contributed by atoms with van der Waals surface area (Å²) in [5.41, 5.74) is 12.9. The van der Waals surface area contributed by atoms with Crippen LogP contribution in [0.4, 0.5) is 21.9 Å². The third-order valence-electron chi connectivity index (χ3n) is 9.27. The molecule has 1 aliphatic carbocycles. The van der Waals surface area contributed by atoms with E-state index in [0.717, 1.165) is 84.2 Å². The molecule has 12 heteroatoms. The van der Waals surface area contributed by atoms with Crippen LogP contribution in [0.15, 0.2) is 48.8 Å². The Morgan fingerprint density at radius 2 is 1.85 bits per heavy atom. The summed E-state index contributed by atoms with van der Waals surface area (Å²) >= 11 is 0. The van der Waals surface area contributed by atoms with Crippen molar-refractivity contribution < 1.29 is 23.7 Å². The third-order valence-corrected chi connectivity index (χ3v) is 9.27. The molecule has 3 heterocycles. The molecule has 1 amide bonds. The number of pyridine rings is 1. The molecule has 6 rings (SSSR count). The first-order chi connectivity index (χ1) is 22.8. The number of aryl methyl sites for hydroxylation is 1. The number of amides is 1. The van der Waals surface area contributed by atoms with Gasteiger partial charge in [-0.05, 0) is 74.6 Å². The zero-order chi connectivity index (χ0) is 33.1. The first kappa shape index (κ1) is 32.4. The first-order valence-electron chi connectivity index (χ1n) is 16.1. The number of hydrogen-bond acceptors (Lipinski definition) is 10. The van der Waals surface area contributed by atoms with E-state index in [2.05, 4.69) is 26.2 Å². The number of benzene rings is 2. The number of rotatable bonds is 11. The Kier molecular flexibility index (Phi) is 9.69. The van der Waals surface area contributed by atoms with Crippen LogP contribution in [0.2, 0.25) is 0 Å². The van der Waals surface area contributed by atoms with Crippen LogP contribution >= 0.6 is 0 Å². The quantitative estimate of drug-likeness (QED) is 0.218. The molecule has 0 radical (unpaired) electrons. The summed E-state index contributed by atoms with van der Waals surface area (Å²) in [6.45, 7) is 4.77.